The van der Waals surface area contributed by atoms with E-state index in [4.69, 9.17) is 9.84 Å². The first-order valence-electron chi connectivity index (χ1n) is 10.2. The van der Waals surface area contributed by atoms with E-state index in [0.29, 0.717) is 12.8 Å². The molecule has 156 valence electrons. The summed E-state index contributed by atoms with van der Waals surface area (Å²) in [4.78, 5) is 35.3. The molecule has 30 heavy (non-hydrogen) atoms. The minimum Gasteiger partial charge on any atom is -0.480 e. The van der Waals surface area contributed by atoms with Crippen LogP contribution in [-0.4, -0.2) is 42.3 Å². The Morgan fingerprint density at radius 2 is 1.60 bits per heavy atom. The molecule has 0 radical (unpaired) electrons. The second-order valence-corrected chi connectivity index (χ2v) is 7.73. The van der Waals surface area contributed by atoms with Crippen LogP contribution in [-0.2, 0) is 14.3 Å². The Labute approximate surface area is 174 Å². The SMILES string of the molecule is O=C(O)CNC(=O)[C@@H]1CCC[C@@H]1NC(=O)OCC1c2ccccc2-c2ccccc21. The van der Waals surface area contributed by atoms with Crippen molar-refractivity contribution in [2.75, 3.05) is 13.2 Å². The fraction of sp³-hybridized carbons (Fsp3) is 0.348. The van der Waals surface area contributed by atoms with Crippen molar-refractivity contribution in [1.29, 1.82) is 0 Å². The number of hydrogen-bond donors (Lipinski definition) is 3. The van der Waals surface area contributed by atoms with E-state index in [9.17, 15) is 14.4 Å². The third-order valence-electron chi connectivity index (χ3n) is 5.91. The van der Waals surface area contributed by atoms with Crippen LogP contribution in [0.4, 0.5) is 4.79 Å². The first kappa shape index (κ1) is 19.9. The molecule has 2 atom stereocenters. The van der Waals surface area contributed by atoms with Crippen molar-refractivity contribution < 1.29 is 24.2 Å². The van der Waals surface area contributed by atoms with Crippen LogP contribution in [0.1, 0.15) is 36.3 Å². The molecule has 2 aromatic rings. The van der Waals surface area contributed by atoms with Crippen LogP contribution in [0.3, 0.4) is 0 Å². The second-order valence-electron chi connectivity index (χ2n) is 7.73. The summed E-state index contributed by atoms with van der Waals surface area (Å²) in [6.45, 7) is -0.213. The van der Waals surface area contributed by atoms with Crippen molar-refractivity contribution in [3.8, 4) is 11.1 Å². The van der Waals surface area contributed by atoms with Crippen LogP contribution in [0, 0.1) is 5.92 Å². The van der Waals surface area contributed by atoms with E-state index < -0.39 is 24.5 Å². The molecule has 2 amide bonds. The van der Waals surface area contributed by atoms with E-state index in [1.54, 1.807) is 0 Å². The Hall–Kier alpha value is -3.35. The standard InChI is InChI=1S/C23H24N2O5/c26-21(27)12-24-22(28)18-10-5-11-20(18)25-23(29)30-13-19-16-8-3-1-6-14(16)15-7-2-4-9-17(15)19/h1-4,6-9,18-20H,5,10-13H2,(H,24,28)(H,25,29)(H,26,27)/t18-,20+/m1/s1. The number of nitrogens with one attached hydrogen (secondary N) is 2. The largest absolute Gasteiger partial charge is 0.480 e. The summed E-state index contributed by atoms with van der Waals surface area (Å²) in [6.07, 6.45) is 1.51. The minimum absolute atomic E-state index is 0.0265. The number of carbonyl (C=O) groups excluding carboxylic acids is 2. The van der Waals surface area contributed by atoms with Gasteiger partial charge in [0.05, 0.1) is 5.92 Å². The third kappa shape index (κ3) is 4.01. The highest BCUT2D eigenvalue weighted by Gasteiger charge is 2.35. The third-order valence-corrected chi connectivity index (χ3v) is 5.91. The number of carbonyl (C=O) groups is 3. The van der Waals surface area contributed by atoms with E-state index >= 15 is 0 Å². The maximum absolute atomic E-state index is 12.5. The van der Waals surface area contributed by atoms with Gasteiger partial charge in [-0.1, -0.05) is 55.0 Å². The Morgan fingerprint density at radius 3 is 2.23 bits per heavy atom. The van der Waals surface area contributed by atoms with E-state index in [1.165, 1.54) is 0 Å². The van der Waals surface area contributed by atoms with Gasteiger partial charge in [-0.05, 0) is 35.1 Å². The first-order chi connectivity index (χ1) is 14.5. The highest BCUT2D eigenvalue weighted by atomic mass is 16.5. The number of rotatable bonds is 6. The molecular weight excluding hydrogens is 384 g/mol. The molecule has 0 spiro atoms. The van der Waals surface area contributed by atoms with Crippen molar-refractivity contribution in [3.63, 3.8) is 0 Å². The number of carboxylic acids is 1. The number of fused-ring (bicyclic) bond motifs is 3. The maximum atomic E-state index is 12.5. The highest BCUT2D eigenvalue weighted by molar-refractivity contribution is 5.84. The topological polar surface area (TPSA) is 105 Å². The van der Waals surface area contributed by atoms with Gasteiger partial charge >= 0.3 is 12.1 Å². The number of hydrogen-bond acceptors (Lipinski definition) is 4. The van der Waals surface area contributed by atoms with Crippen LogP contribution < -0.4 is 10.6 Å². The van der Waals surface area contributed by atoms with Crippen molar-refractivity contribution in [2.45, 2.75) is 31.2 Å². The lowest BCUT2D eigenvalue weighted by molar-refractivity contribution is -0.138. The molecule has 4 rings (SSSR count). The van der Waals surface area contributed by atoms with E-state index in [2.05, 4.69) is 34.9 Å². The molecule has 0 aliphatic heterocycles. The van der Waals surface area contributed by atoms with Gasteiger partial charge in [-0.3, -0.25) is 9.59 Å². The van der Waals surface area contributed by atoms with Crippen LogP contribution in [0.5, 0.6) is 0 Å². The van der Waals surface area contributed by atoms with Gasteiger partial charge in [0.1, 0.15) is 13.2 Å². The molecule has 0 saturated heterocycles. The molecule has 2 aliphatic carbocycles. The lowest BCUT2D eigenvalue weighted by Gasteiger charge is -2.21. The fourth-order valence-corrected chi connectivity index (χ4v) is 4.53. The predicted octanol–water partition coefficient (Wildman–Crippen LogP) is 2.89. The zero-order valence-electron chi connectivity index (χ0n) is 16.5. The number of carboxylic acid groups (broad SMARTS) is 1. The van der Waals surface area contributed by atoms with Crippen molar-refractivity contribution in [2.24, 2.45) is 5.92 Å². The highest BCUT2D eigenvalue weighted by Crippen LogP contribution is 2.44. The van der Waals surface area contributed by atoms with Crippen LogP contribution in [0.2, 0.25) is 0 Å². The summed E-state index contributed by atoms with van der Waals surface area (Å²) in [5.41, 5.74) is 4.60. The molecule has 7 heteroatoms. The number of aliphatic carboxylic acids is 1. The van der Waals surface area contributed by atoms with Crippen LogP contribution in [0.25, 0.3) is 11.1 Å². The van der Waals surface area contributed by atoms with Gasteiger partial charge in [0.15, 0.2) is 0 Å². The monoisotopic (exact) mass is 408 g/mol. The van der Waals surface area contributed by atoms with Crippen molar-refractivity contribution in [3.05, 3.63) is 59.7 Å². The van der Waals surface area contributed by atoms with Crippen LogP contribution >= 0.6 is 0 Å². The Bertz CT molecular complexity index is 928. The Kier molecular flexibility index (Phi) is 5.70. The van der Waals surface area contributed by atoms with Gasteiger partial charge in [0, 0.05) is 12.0 Å². The van der Waals surface area contributed by atoms with Gasteiger partial charge in [-0.2, -0.15) is 0 Å². The van der Waals surface area contributed by atoms with Crippen LogP contribution in [0.15, 0.2) is 48.5 Å². The average molecular weight is 408 g/mol. The number of benzene rings is 2. The van der Waals surface area contributed by atoms with E-state index in [1.807, 2.05) is 24.3 Å². The zero-order valence-corrected chi connectivity index (χ0v) is 16.5. The van der Waals surface area contributed by atoms with E-state index in [0.717, 1.165) is 28.7 Å². The quantitative estimate of drug-likeness (QED) is 0.682. The van der Waals surface area contributed by atoms with Crippen molar-refractivity contribution >= 4 is 18.0 Å². The van der Waals surface area contributed by atoms with Gasteiger partial charge in [-0.25, -0.2) is 4.79 Å². The Morgan fingerprint density at radius 1 is 0.967 bits per heavy atom. The predicted molar refractivity (Wildman–Crippen MR) is 110 cm³/mol. The van der Waals surface area contributed by atoms with Crippen molar-refractivity contribution in [1.82, 2.24) is 10.6 Å². The molecule has 0 bridgehead atoms. The van der Waals surface area contributed by atoms with Gasteiger partial charge < -0.3 is 20.5 Å². The molecule has 2 aromatic carbocycles. The molecule has 1 saturated carbocycles. The lowest BCUT2D eigenvalue weighted by Crippen LogP contribution is -2.45. The molecule has 1 fully saturated rings. The summed E-state index contributed by atoms with van der Waals surface area (Å²) in [5.74, 6) is -1.91. The fourth-order valence-electron chi connectivity index (χ4n) is 4.53. The summed E-state index contributed by atoms with van der Waals surface area (Å²) in [7, 11) is 0. The molecular formula is C23H24N2O5. The number of alkyl carbamates (subject to hydrolysis) is 1. The molecule has 2 aliphatic rings. The maximum Gasteiger partial charge on any atom is 0.407 e. The number of amides is 2. The zero-order chi connectivity index (χ0) is 21.1. The van der Waals surface area contributed by atoms with E-state index in [-0.39, 0.29) is 24.5 Å². The summed E-state index contributed by atoms with van der Waals surface area (Å²) < 4.78 is 5.55. The summed E-state index contributed by atoms with van der Waals surface area (Å²) >= 11 is 0. The molecule has 0 heterocycles. The van der Waals surface area contributed by atoms with Gasteiger partial charge in [0.25, 0.3) is 0 Å². The molecule has 7 nitrogen and oxygen atoms in total. The summed E-state index contributed by atoms with van der Waals surface area (Å²) in [5, 5.41) is 13.9. The molecule has 0 aromatic heterocycles. The van der Waals surface area contributed by atoms with Gasteiger partial charge in [0.2, 0.25) is 5.91 Å². The molecule has 3 N–H and O–H groups in total. The normalized spacial score (nSPS) is 19.6. The Balaban J connectivity index is 1.37. The average Bonchev–Trinajstić information content (AvgIpc) is 3.33. The number of ether oxygens (including phenoxy) is 1. The van der Waals surface area contributed by atoms with Gasteiger partial charge in [-0.15, -0.1) is 0 Å². The summed E-state index contributed by atoms with van der Waals surface area (Å²) in [6, 6.07) is 15.9. The lowest BCUT2D eigenvalue weighted by atomic mass is 9.98. The minimum atomic E-state index is -1.10. The second kappa shape index (κ2) is 8.57. The first-order valence-corrected chi connectivity index (χ1v) is 10.2. The molecule has 0 unspecified atom stereocenters. The smallest absolute Gasteiger partial charge is 0.407 e.